The Morgan fingerprint density at radius 1 is 0.929 bits per heavy atom. The van der Waals surface area contributed by atoms with Crippen LogP contribution in [0.15, 0.2) is 58.5 Å². The van der Waals surface area contributed by atoms with E-state index in [4.69, 9.17) is 25.8 Å². The maximum absolute atomic E-state index is 6.28. The molecule has 4 rings (SSSR count). The SMILES string of the molecule is COc1cc(Sc2c(-c3ccc[nH]3)[nH]c3ccc(Cl)cc23)cc(OC)c1OC. The summed E-state index contributed by atoms with van der Waals surface area (Å²) >= 11 is 7.89. The Labute approximate surface area is 172 Å². The highest BCUT2D eigenvalue weighted by molar-refractivity contribution is 7.99. The van der Waals surface area contributed by atoms with Gasteiger partial charge in [-0.05, 0) is 42.5 Å². The first-order chi connectivity index (χ1) is 13.6. The van der Waals surface area contributed by atoms with E-state index >= 15 is 0 Å². The van der Waals surface area contributed by atoms with Gasteiger partial charge in [0.15, 0.2) is 11.5 Å². The number of fused-ring (bicyclic) bond motifs is 1. The highest BCUT2D eigenvalue weighted by Gasteiger charge is 2.19. The number of nitrogens with one attached hydrogen (secondary N) is 2. The number of aromatic amines is 2. The van der Waals surface area contributed by atoms with Gasteiger partial charge in [0.25, 0.3) is 0 Å². The van der Waals surface area contributed by atoms with Crippen LogP contribution in [0.25, 0.3) is 22.3 Å². The molecule has 0 aliphatic carbocycles. The molecule has 4 aromatic rings. The van der Waals surface area contributed by atoms with Gasteiger partial charge in [0, 0.05) is 31.9 Å². The van der Waals surface area contributed by atoms with E-state index in [1.165, 1.54) is 0 Å². The van der Waals surface area contributed by atoms with Crippen LogP contribution in [0.4, 0.5) is 0 Å². The normalized spacial score (nSPS) is 11.0. The number of ether oxygens (including phenoxy) is 3. The van der Waals surface area contributed by atoms with Crippen molar-refractivity contribution >= 4 is 34.3 Å². The molecule has 0 atom stereocenters. The summed E-state index contributed by atoms with van der Waals surface area (Å²) in [6, 6.07) is 13.7. The second kappa shape index (κ2) is 7.73. The second-order valence-corrected chi connectivity index (χ2v) is 7.59. The van der Waals surface area contributed by atoms with Crippen molar-refractivity contribution in [1.82, 2.24) is 9.97 Å². The van der Waals surface area contributed by atoms with E-state index in [9.17, 15) is 0 Å². The number of H-pyrrole nitrogens is 2. The van der Waals surface area contributed by atoms with Gasteiger partial charge in [-0.3, -0.25) is 0 Å². The molecule has 0 unspecified atom stereocenters. The van der Waals surface area contributed by atoms with Crippen LogP contribution in [0.5, 0.6) is 17.2 Å². The predicted octanol–water partition coefficient (Wildman–Crippen LogP) is 5.99. The minimum Gasteiger partial charge on any atom is -0.493 e. The van der Waals surface area contributed by atoms with Crippen molar-refractivity contribution in [2.45, 2.75) is 9.79 Å². The monoisotopic (exact) mass is 414 g/mol. The summed E-state index contributed by atoms with van der Waals surface area (Å²) in [6.45, 7) is 0. The number of benzene rings is 2. The van der Waals surface area contributed by atoms with Gasteiger partial charge in [-0.1, -0.05) is 23.4 Å². The van der Waals surface area contributed by atoms with Crippen molar-refractivity contribution < 1.29 is 14.2 Å². The molecule has 0 saturated carbocycles. The zero-order valence-electron chi connectivity index (χ0n) is 15.6. The van der Waals surface area contributed by atoms with Crippen LogP contribution < -0.4 is 14.2 Å². The van der Waals surface area contributed by atoms with Crippen molar-refractivity contribution in [1.29, 1.82) is 0 Å². The van der Waals surface area contributed by atoms with E-state index in [1.807, 2.05) is 48.7 Å². The van der Waals surface area contributed by atoms with E-state index in [-0.39, 0.29) is 0 Å². The molecule has 0 radical (unpaired) electrons. The topological polar surface area (TPSA) is 59.3 Å². The zero-order chi connectivity index (χ0) is 19.7. The molecule has 7 heteroatoms. The lowest BCUT2D eigenvalue weighted by atomic mass is 10.2. The maximum Gasteiger partial charge on any atom is 0.203 e. The van der Waals surface area contributed by atoms with Crippen LogP contribution in [0, 0.1) is 0 Å². The van der Waals surface area contributed by atoms with Gasteiger partial charge in [0.2, 0.25) is 5.75 Å². The molecule has 2 aromatic heterocycles. The standard InChI is InChI=1S/C21H19ClN2O3S/c1-25-17-10-13(11-18(26-2)20(17)27-3)28-21-14-9-12(22)6-7-15(14)24-19(21)16-5-4-8-23-16/h4-11,23-24H,1-3H3. The van der Waals surface area contributed by atoms with E-state index in [1.54, 1.807) is 33.1 Å². The number of hydrogen-bond acceptors (Lipinski definition) is 4. The Morgan fingerprint density at radius 3 is 2.29 bits per heavy atom. The number of hydrogen-bond donors (Lipinski definition) is 2. The van der Waals surface area contributed by atoms with E-state index in [0.29, 0.717) is 22.3 Å². The predicted molar refractivity (Wildman–Crippen MR) is 113 cm³/mol. The number of methoxy groups -OCH3 is 3. The summed E-state index contributed by atoms with van der Waals surface area (Å²) in [7, 11) is 4.82. The van der Waals surface area contributed by atoms with Gasteiger partial charge >= 0.3 is 0 Å². The fraction of sp³-hybridized carbons (Fsp3) is 0.143. The van der Waals surface area contributed by atoms with Crippen molar-refractivity contribution in [2.24, 2.45) is 0 Å². The molecule has 2 N–H and O–H groups in total. The van der Waals surface area contributed by atoms with Crippen LogP contribution in [-0.2, 0) is 0 Å². The molecular weight excluding hydrogens is 396 g/mol. The highest BCUT2D eigenvalue weighted by Crippen LogP contribution is 2.46. The van der Waals surface area contributed by atoms with Gasteiger partial charge in [-0.15, -0.1) is 0 Å². The molecule has 0 saturated heterocycles. The first-order valence-corrected chi connectivity index (χ1v) is 9.77. The van der Waals surface area contributed by atoms with E-state index in [2.05, 4.69) is 9.97 Å². The number of aromatic nitrogens is 2. The lowest BCUT2D eigenvalue weighted by Gasteiger charge is -2.14. The quantitative estimate of drug-likeness (QED) is 0.406. The minimum absolute atomic E-state index is 0.570. The fourth-order valence-electron chi connectivity index (χ4n) is 3.15. The van der Waals surface area contributed by atoms with Crippen LogP contribution in [0.3, 0.4) is 0 Å². The summed E-state index contributed by atoms with van der Waals surface area (Å²) in [5, 5.41) is 1.74. The average molecular weight is 415 g/mol. The van der Waals surface area contributed by atoms with Gasteiger partial charge in [0.05, 0.1) is 32.7 Å². The van der Waals surface area contributed by atoms with Crippen LogP contribution in [0.2, 0.25) is 5.02 Å². The lowest BCUT2D eigenvalue weighted by molar-refractivity contribution is 0.323. The van der Waals surface area contributed by atoms with Gasteiger partial charge in [-0.25, -0.2) is 0 Å². The van der Waals surface area contributed by atoms with E-state index < -0.39 is 0 Å². The molecule has 144 valence electrons. The van der Waals surface area contributed by atoms with Crippen molar-refractivity contribution in [3.05, 3.63) is 53.7 Å². The summed E-state index contributed by atoms with van der Waals surface area (Å²) in [5.74, 6) is 1.80. The first kappa shape index (κ1) is 18.7. The molecular formula is C21H19ClN2O3S. The van der Waals surface area contributed by atoms with Crippen LogP contribution in [0.1, 0.15) is 0 Å². The van der Waals surface area contributed by atoms with Crippen LogP contribution in [-0.4, -0.2) is 31.3 Å². The second-order valence-electron chi connectivity index (χ2n) is 6.07. The third-order valence-electron chi connectivity index (χ3n) is 4.44. The van der Waals surface area contributed by atoms with Crippen molar-refractivity contribution in [2.75, 3.05) is 21.3 Å². The number of halogens is 1. The van der Waals surface area contributed by atoms with Gasteiger partial charge in [0.1, 0.15) is 0 Å². The van der Waals surface area contributed by atoms with Crippen molar-refractivity contribution in [3.8, 4) is 28.6 Å². The highest BCUT2D eigenvalue weighted by atomic mass is 35.5. The smallest absolute Gasteiger partial charge is 0.203 e. The molecule has 0 fully saturated rings. The molecule has 0 bridgehead atoms. The zero-order valence-corrected chi connectivity index (χ0v) is 17.2. The molecule has 0 spiro atoms. The maximum atomic E-state index is 6.28. The molecule has 28 heavy (non-hydrogen) atoms. The van der Waals surface area contributed by atoms with Crippen LogP contribution >= 0.6 is 23.4 Å². The molecule has 0 aliphatic rings. The Morgan fingerprint density at radius 2 is 1.68 bits per heavy atom. The summed E-state index contributed by atoms with van der Waals surface area (Å²) < 4.78 is 16.4. The van der Waals surface area contributed by atoms with Gasteiger partial charge in [-0.2, -0.15) is 0 Å². The lowest BCUT2D eigenvalue weighted by Crippen LogP contribution is -1.95. The summed E-state index contributed by atoms with van der Waals surface area (Å²) in [6.07, 6.45) is 1.90. The largest absolute Gasteiger partial charge is 0.493 e. The number of rotatable bonds is 6. The third kappa shape index (κ3) is 3.30. The fourth-order valence-corrected chi connectivity index (χ4v) is 4.44. The Bertz CT molecular complexity index is 1100. The molecule has 5 nitrogen and oxygen atoms in total. The molecule has 0 aliphatic heterocycles. The van der Waals surface area contributed by atoms with Gasteiger partial charge < -0.3 is 24.2 Å². The summed E-state index contributed by atoms with van der Waals surface area (Å²) in [4.78, 5) is 8.79. The van der Waals surface area contributed by atoms with Crippen molar-refractivity contribution in [3.63, 3.8) is 0 Å². The summed E-state index contributed by atoms with van der Waals surface area (Å²) in [5.41, 5.74) is 3.02. The molecule has 2 aromatic carbocycles. The minimum atomic E-state index is 0.570. The average Bonchev–Trinajstić information content (AvgIpc) is 3.35. The first-order valence-electron chi connectivity index (χ1n) is 8.57. The Kier molecular flexibility index (Phi) is 5.15. The molecule has 2 heterocycles. The van der Waals surface area contributed by atoms with E-state index in [0.717, 1.165) is 32.1 Å². The Hall–Kier alpha value is -2.70. The third-order valence-corrected chi connectivity index (χ3v) is 5.77. The Balaban J connectivity index is 1.88. The molecule has 0 amide bonds.